The number of nitriles is 1. The second-order valence-electron chi connectivity index (χ2n) is 3.58. The number of carbonyl (C=O) groups excluding carboxylic acids is 1. The van der Waals surface area contributed by atoms with Crippen LogP contribution in [0.3, 0.4) is 0 Å². The summed E-state index contributed by atoms with van der Waals surface area (Å²) in [6.07, 6.45) is 0. The summed E-state index contributed by atoms with van der Waals surface area (Å²) in [6.45, 7) is 2.12. The molecular formula is C12H15N3O2. The maximum absolute atomic E-state index is 10.6. The number of carbonyl (C=O) groups is 1. The summed E-state index contributed by atoms with van der Waals surface area (Å²) in [5, 5.41) is 11.4. The smallest absolute Gasteiger partial charge is 0.231 e. The maximum Gasteiger partial charge on any atom is 0.231 e. The van der Waals surface area contributed by atoms with Gasteiger partial charge in [-0.25, -0.2) is 0 Å². The predicted molar refractivity (Wildman–Crippen MR) is 63.2 cm³/mol. The Morgan fingerprint density at radius 3 is 2.71 bits per heavy atom. The minimum atomic E-state index is -0.383. The molecule has 0 saturated heterocycles. The molecule has 0 heterocycles. The summed E-state index contributed by atoms with van der Waals surface area (Å²) in [6, 6.07) is 9.27. The number of nitrogens with two attached hydrogens (primary N) is 1. The van der Waals surface area contributed by atoms with E-state index in [4.69, 9.17) is 15.7 Å². The van der Waals surface area contributed by atoms with Crippen molar-refractivity contribution in [3.8, 4) is 11.8 Å². The maximum atomic E-state index is 10.6. The van der Waals surface area contributed by atoms with Crippen molar-refractivity contribution < 1.29 is 9.53 Å². The third-order valence-corrected chi connectivity index (χ3v) is 2.27. The largest absolute Gasteiger partial charge is 0.479 e. The van der Waals surface area contributed by atoms with E-state index in [1.165, 1.54) is 0 Å². The van der Waals surface area contributed by atoms with Crippen molar-refractivity contribution >= 4 is 5.91 Å². The molecule has 1 unspecified atom stereocenters. The van der Waals surface area contributed by atoms with Gasteiger partial charge >= 0.3 is 0 Å². The number of amides is 1. The lowest BCUT2D eigenvalue weighted by molar-refractivity contribution is -0.117. The quantitative estimate of drug-likeness (QED) is 0.758. The fourth-order valence-electron chi connectivity index (χ4n) is 1.34. The summed E-state index contributed by atoms with van der Waals surface area (Å²) in [7, 11) is 0. The Hall–Kier alpha value is -2.06. The summed E-state index contributed by atoms with van der Waals surface area (Å²) in [5.41, 5.74) is 6.07. The van der Waals surface area contributed by atoms with E-state index in [9.17, 15) is 4.79 Å². The standard InChI is InChI=1S/C12H15N3O2/c1-9(15-8-12(14)16)10-2-4-11(5-3-10)17-7-6-13/h2-5,9,15H,7-8H2,1H3,(H2,14,16). The normalized spacial score (nSPS) is 11.5. The molecule has 0 saturated carbocycles. The van der Waals surface area contributed by atoms with Gasteiger partial charge < -0.3 is 15.8 Å². The van der Waals surface area contributed by atoms with Crippen molar-refractivity contribution in [2.75, 3.05) is 13.2 Å². The third kappa shape index (κ3) is 4.53. The molecule has 0 aromatic heterocycles. The molecule has 5 nitrogen and oxygen atoms in total. The first kappa shape index (κ1) is 13.0. The minimum Gasteiger partial charge on any atom is -0.479 e. The molecule has 0 aliphatic heterocycles. The zero-order chi connectivity index (χ0) is 12.7. The first-order valence-corrected chi connectivity index (χ1v) is 5.25. The summed E-state index contributed by atoms with van der Waals surface area (Å²) in [4.78, 5) is 10.6. The zero-order valence-electron chi connectivity index (χ0n) is 9.64. The van der Waals surface area contributed by atoms with Crippen LogP contribution in [0.2, 0.25) is 0 Å². The Morgan fingerprint density at radius 2 is 2.18 bits per heavy atom. The van der Waals surface area contributed by atoms with Crippen molar-refractivity contribution in [2.45, 2.75) is 13.0 Å². The minimum absolute atomic E-state index is 0.0347. The molecule has 0 bridgehead atoms. The molecular weight excluding hydrogens is 218 g/mol. The highest BCUT2D eigenvalue weighted by Crippen LogP contribution is 2.17. The molecule has 0 aliphatic rings. The summed E-state index contributed by atoms with van der Waals surface area (Å²) >= 11 is 0. The van der Waals surface area contributed by atoms with Gasteiger partial charge in [-0.1, -0.05) is 12.1 Å². The van der Waals surface area contributed by atoms with E-state index in [1.807, 2.05) is 25.1 Å². The highest BCUT2D eigenvalue weighted by Gasteiger charge is 2.05. The number of benzene rings is 1. The van der Waals surface area contributed by atoms with Crippen LogP contribution in [0.4, 0.5) is 0 Å². The molecule has 1 amide bonds. The van der Waals surface area contributed by atoms with E-state index >= 15 is 0 Å². The van der Waals surface area contributed by atoms with Gasteiger partial charge in [-0.05, 0) is 24.6 Å². The fourth-order valence-corrected chi connectivity index (χ4v) is 1.34. The first-order chi connectivity index (χ1) is 8.13. The Bertz CT molecular complexity index is 409. The van der Waals surface area contributed by atoms with Crippen LogP contribution in [0.15, 0.2) is 24.3 Å². The van der Waals surface area contributed by atoms with Gasteiger partial charge in [-0.2, -0.15) is 5.26 Å². The number of nitrogens with one attached hydrogen (secondary N) is 1. The number of hydrogen-bond acceptors (Lipinski definition) is 4. The van der Waals surface area contributed by atoms with Crippen LogP contribution < -0.4 is 15.8 Å². The van der Waals surface area contributed by atoms with Crippen LogP contribution in [0.25, 0.3) is 0 Å². The van der Waals surface area contributed by atoms with Gasteiger partial charge in [-0.3, -0.25) is 4.79 Å². The van der Waals surface area contributed by atoms with Gasteiger partial charge in [0.25, 0.3) is 0 Å². The second kappa shape index (κ2) is 6.51. The molecule has 0 fully saturated rings. The Kier molecular flexibility index (Phi) is 4.98. The second-order valence-corrected chi connectivity index (χ2v) is 3.58. The lowest BCUT2D eigenvalue weighted by Gasteiger charge is -2.13. The zero-order valence-corrected chi connectivity index (χ0v) is 9.64. The number of primary amides is 1. The Morgan fingerprint density at radius 1 is 1.53 bits per heavy atom. The number of ether oxygens (including phenoxy) is 1. The van der Waals surface area contributed by atoms with Crippen LogP contribution in [-0.4, -0.2) is 19.1 Å². The van der Waals surface area contributed by atoms with Crippen LogP contribution in [0.5, 0.6) is 5.75 Å². The lowest BCUT2D eigenvalue weighted by atomic mass is 10.1. The number of nitrogens with zero attached hydrogens (tertiary/aromatic N) is 1. The van der Waals surface area contributed by atoms with Gasteiger partial charge in [0, 0.05) is 6.04 Å². The molecule has 1 rings (SSSR count). The first-order valence-electron chi connectivity index (χ1n) is 5.25. The van der Waals surface area contributed by atoms with Crippen LogP contribution in [0, 0.1) is 11.3 Å². The molecule has 1 aromatic carbocycles. The summed E-state index contributed by atoms with van der Waals surface area (Å²) < 4.78 is 5.13. The summed E-state index contributed by atoms with van der Waals surface area (Å²) in [5.74, 6) is 0.267. The van der Waals surface area contributed by atoms with Crippen molar-refractivity contribution in [2.24, 2.45) is 5.73 Å². The molecule has 90 valence electrons. The molecule has 1 atom stereocenters. The van der Waals surface area contributed by atoms with Crippen molar-refractivity contribution in [1.82, 2.24) is 5.32 Å². The molecule has 0 spiro atoms. The molecule has 0 aliphatic carbocycles. The highest BCUT2D eigenvalue weighted by molar-refractivity contribution is 5.75. The monoisotopic (exact) mass is 233 g/mol. The van der Waals surface area contributed by atoms with Crippen molar-refractivity contribution in [3.05, 3.63) is 29.8 Å². The molecule has 17 heavy (non-hydrogen) atoms. The SMILES string of the molecule is CC(NCC(N)=O)c1ccc(OCC#N)cc1. The van der Waals surface area contributed by atoms with E-state index in [-0.39, 0.29) is 25.1 Å². The van der Waals surface area contributed by atoms with Gasteiger partial charge in [0.1, 0.15) is 11.8 Å². The fraction of sp³-hybridized carbons (Fsp3) is 0.333. The van der Waals surface area contributed by atoms with Gasteiger partial charge in [0.2, 0.25) is 5.91 Å². The molecule has 3 N–H and O–H groups in total. The van der Waals surface area contributed by atoms with E-state index in [0.717, 1.165) is 5.56 Å². The molecule has 1 aromatic rings. The van der Waals surface area contributed by atoms with Gasteiger partial charge in [0.05, 0.1) is 6.54 Å². The Labute approximate surface area is 100 Å². The topological polar surface area (TPSA) is 88.1 Å². The van der Waals surface area contributed by atoms with Crippen LogP contribution in [-0.2, 0) is 4.79 Å². The van der Waals surface area contributed by atoms with E-state index < -0.39 is 0 Å². The lowest BCUT2D eigenvalue weighted by Crippen LogP contribution is -2.30. The van der Waals surface area contributed by atoms with E-state index in [2.05, 4.69) is 5.32 Å². The average Bonchev–Trinajstić information content (AvgIpc) is 2.34. The van der Waals surface area contributed by atoms with Crippen LogP contribution >= 0.6 is 0 Å². The molecule has 0 radical (unpaired) electrons. The average molecular weight is 233 g/mol. The van der Waals surface area contributed by atoms with Crippen molar-refractivity contribution in [1.29, 1.82) is 5.26 Å². The molecule has 5 heteroatoms. The third-order valence-electron chi connectivity index (χ3n) is 2.27. The number of rotatable bonds is 6. The number of hydrogen-bond donors (Lipinski definition) is 2. The van der Waals surface area contributed by atoms with E-state index in [0.29, 0.717) is 5.75 Å². The highest BCUT2D eigenvalue weighted by atomic mass is 16.5. The van der Waals surface area contributed by atoms with Gasteiger partial charge in [0.15, 0.2) is 6.61 Å². The van der Waals surface area contributed by atoms with Crippen molar-refractivity contribution in [3.63, 3.8) is 0 Å². The Balaban J connectivity index is 2.54. The van der Waals surface area contributed by atoms with Gasteiger partial charge in [-0.15, -0.1) is 0 Å². The van der Waals surface area contributed by atoms with E-state index in [1.54, 1.807) is 12.1 Å². The van der Waals surface area contributed by atoms with Crippen LogP contribution in [0.1, 0.15) is 18.5 Å². The predicted octanol–water partition coefficient (Wildman–Crippen LogP) is 0.725.